The molecule has 182 valence electrons. The van der Waals surface area contributed by atoms with E-state index in [9.17, 15) is 4.39 Å². The second-order valence-electron chi connectivity index (χ2n) is 9.89. The topological polar surface area (TPSA) is 66.2 Å². The monoisotopic (exact) mass is 488 g/mol. The number of hydrogen-bond donors (Lipinski definition) is 3. The van der Waals surface area contributed by atoms with Gasteiger partial charge in [0.2, 0.25) is 0 Å². The number of hydrogen-bond acceptors (Lipinski definition) is 3. The van der Waals surface area contributed by atoms with Crippen molar-refractivity contribution < 1.29 is 4.39 Å². The molecule has 0 saturated heterocycles. The maximum Gasteiger partial charge on any atom is 0.147 e. The van der Waals surface area contributed by atoms with E-state index in [2.05, 4.69) is 73.0 Å². The van der Waals surface area contributed by atoms with Gasteiger partial charge in [-0.05, 0) is 66.3 Å². The van der Waals surface area contributed by atoms with Gasteiger partial charge in [0.1, 0.15) is 11.7 Å². The Hall–Kier alpha value is -3.38. The first kappa shape index (κ1) is 24.7. The number of fused-ring (bicyclic) bond motifs is 1. The zero-order chi connectivity index (χ0) is 25.3. The lowest BCUT2D eigenvalue weighted by atomic mass is 9.86. The van der Waals surface area contributed by atoms with Crippen LogP contribution in [0.5, 0.6) is 0 Å². The van der Waals surface area contributed by atoms with E-state index >= 15 is 0 Å². The Morgan fingerprint density at radius 2 is 1.89 bits per heavy atom. The average molecular weight is 489 g/mol. The summed E-state index contributed by atoms with van der Waals surface area (Å²) in [7, 11) is 0. The summed E-state index contributed by atoms with van der Waals surface area (Å²) in [4.78, 5) is 9.88. The third-order valence-electron chi connectivity index (χ3n) is 6.33. The number of benzene rings is 2. The molecular formula is C29H33FN4S. The maximum absolute atomic E-state index is 14.3. The van der Waals surface area contributed by atoms with Crippen LogP contribution in [0, 0.1) is 19.7 Å². The van der Waals surface area contributed by atoms with Gasteiger partial charge < -0.3 is 16.0 Å². The number of halogens is 1. The van der Waals surface area contributed by atoms with E-state index in [-0.39, 0.29) is 11.2 Å². The second-order valence-corrected chi connectivity index (χ2v) is 10.9. The summed E-state index contributed by atoms with van der Waals surface area (Å²) in [5.41, 5.74) is 13.6. The molecule has 4 N–H and O–H groups in total. The van der Waals surface area contributed by atoms with Gasteiger partial charge in [-0.2, -0.15) is 0 Å². The summed E-state index contributed by atoms with van der Waals surface area (Å²) in [6, 6.07) is 14.1. The quantitative estimate of drug-likeness (QED) is 0.187. The molecule has 0 atom stereocenters. The molecule has 4 rings (SSSR count). The number of aryl methyl sites for hydroxylation is 2. The van der Waals surface area contributed by atoms with E-state index in [0.717, 1.165) is 43.2 Å². The van der Waals surface area contributed by atoms with Crippen molar-refractivity contribution in [3.8, 4) is 10.4 Å². The molecule has 0 aliphatic heterocycles. The van der Waals surface area contributed by atoms with E-state index in [1.165, 1.54) is 11.6 Å². The molecule has 0 amide bonds. The van der Waals surface area contributed by atoms with Crippen LogP contribution >= 0.6 is 11.3 Å². The van der Waals surface area contributed by atoms with Crippen molar-refractivity contribution >= 4 is 33.8 Å². The number of nitrogens with two attached hydrogens (primary N) is 1. The minimum absolute atomic E-state index is 0.110. The molecule has 6 heteroatoms. The van der Waals surface area contributed by atoms with Crippen LogP contribution in [-0.2, 0) is 11.8 Å². The highest BCUT2D eigenvalue weighted by Gasteiger charge is 2.17. The molecule has 35 heavy (non-hydrogen) atoms. The molecule has 2 aromatic carbocycles. The van der Waals surface area contributed by atoms with Crippen molar-refractivity contribution in [2.24, 2.45) is 10.7 Å². The van der Waals surface area contributed by atoms with Crippen molar-refractivity contribution in [3.63, 3.8) is 0 Å². The van der Waals surface area contributed by atoms with Gasteiger partial charge >= 0.3 is 0 Å². The van der Waals surface area contributed by atoms with Crippen LogP contribution in [0.1, 0.15) is 48.0 Å². The van der Waals surface area contributed by atoms with Gasteiger partial charge in [-0.1, -0.05) is 57.7 Å². The van der Waals surface area contributed by atoms with Crippen molar-refractivity contribution in [1.29, 1.82) is 0 Å². The number of thiophene rings is 1. The minimum Gasteiger partial charge on any atom is -0.383 e. The number of amidine groups is 1. The van der Waals surface area contributed by atoms with Gasteiger partial charge in [-0.3, -0.25) is 4.99 Å². The van der Waals surface area contributed by atoms with Crippen molar-refractivity contribution in [3.05, 3.63) is 88.3 Å². The molecule has 4 nitrogen and oxygen atoms in total. The van der Waals surface area contributed by atoms with Crippen LogP contribution in [0.4, 0.5) is 10.1 Å². The Balaban J connectivity index is 1.59. The summed E-state index contributed by atoms with van der Waals surface area (Å²) in [6.07, 6.45) is 2.32. The fourth-order valence-electron chi connectivity index (χ4n) is 4.39. The predicted octanol–water partition coefficient (Wildman–Crippen LogP) is 7.45. The molecule has 0 spiro atoms. The fourth-order valence-corrected chi connectivity index (χ4v) is 5.44. The summed E-state index contributed by atoms with van der Waals surface area (Å²) in [5.74, 6) is 0.252. The van der Waals surface area contributed by atoms with E-state index in [1.807, 2.05) is 19.9 Å². The van der Waals surface area contributed by atoms with Gasteiger partial charge in [-0.25, -0.2) is 4.39 Å². The first-order chi connectivity index (χ1) is 16.6. The number of anilines is 1. The van der Waals surface area contributed by atoms with E-state index < -0.39 is 0 Å². The molecule has 0 bridgehead atoms. The third kappa shape index (κ3) is 5.03. The Morgan fingerprint density at radius 3 is 2.54 bits per heavy atom. The van der Waals surface area contributed by atoms with Gasteiger partial charge in [0.05, 0.1) is 16.1 Å². The van der Waals surface area contributed by atoms with Crippen molar-refractivity contribution in [2.45, 2.75) is 46.5 Å². The Morgan fingerprint density at radius 1 is 1.17 bits per heavy atom. The molecular weight excluding hydrogens is 455 g/mol. The Kier molecular flexibility index (Phi) is 6.86. The first-order valence-corrected chi connectivity index (χ1v) is 12.6. The number of aromatic nitrogens is 1. The number of rotatable bonds is 7. The number of aromatic amines is 1. The molecule has 0 radical (unpaired) electrons. The predicted molar refractivity (Wildman–Crippen MR) is 149 cm³/mol. The van der Waals surface area contributed by atoms with E-state index in [4.69, 9.17) is 5.73 Å². The minimum atomic E-state index is -0.232. The summed E-state index contributed by atoms with van der Waals surface area (Å²) < 4.78 is 14.3. The molecule has 0 unspecified atom stereocenters. The lowest BCUT2D eigenvalue weighted by molar-refractivity contribution is 0.590. The Bertz CT molecular complexity index is 1400. The van der Waals surface area contributed by atoms with E-state index in [0.29, 0.717) is 24.3 Å². The zero-order valence-corrected chi connectivity index (χ0v) is 21.9. The molecule has 2 aromatic heterocycles. The number of H-pyrrole nitrogens is 1. The molecule has 2 heterocycles. The van der Waals surface area contributed by atoms with Crippen LogP contribution in [0.25, 0.3) is 21.3 Å². The van der Waals surface area contributed by atoms with Crippen LogP contribution in [0.2, 0.25) is 0 Å². The lowest BCUT2D eigenvalue weighted by Gasteiger charge is -2.18. The molecule has 4 aromatic rings. The maximum atomic E-state index is 14.3. The van der Waals surface area contributed by atoms with Crippen molar-refractivity contribution in [1.82, 2.24) is 4.98 Å². The highest BCUT2D eigenvalue weighted by atomic mass is 32.1. The average Bonchev–Trinajstić information content (AvgIpc) is 3.38. The Labute approximate surface area is 210 Å². The largest absolute Gasteiger partial charge is 0.383 e. The smallest absolute Gasteiger partial charge is 0.147 e. The van der Waals surface area contributed by atoms with Gasteiger partial charge in [0.25, 0.3) is 0 Å². The fraction of sp³-hybridized carbons (Fsp3) is 0.276. The van der Waals surface area contributed by atoms with Gasteiger partial charge in [0.15, 0.2) is 0 Å². The van der Waals surface area contributed by atoms with E-state index in [1.54, 1.807) is 17.5 Å². The lowest BCUT2D eigenvalue weighted by Crippen LogP contribution is -2.14. The van der Waals surface area contributed by atoms with Crippen LogP contribution < -0.4 is 11.1 Å². The third-order valence-corrected chi connectivity index (χ3v) is 7.54. The normalized spacial score (nSPS) is 12.3. The zero-order valence-electron chi connectivity index (χ0n) is 21.1. The molecule has 0 fully saturated rings. The molecule has 0 aliphatic carbocycles. The van der Waals surface area contributed by atoms with Gasteiger partial charge in [-0.15, -0.1) is 11.3 Å². The highest BCUT2D eigenvalue weighted by Crippen LogP contribution is 2.36. The van der Waals surface area contributed by atoms with Crippen molar-refractivity contribution in [2.75, 3.05) is 11.9 Å². The number of nitrogens with zero attached hydrogens (tertiary/aromatic N) is 1. The summed E-state index contributed by atoms with van der Waals surface area (Å²) in [6.45, 7) is 14.9. The van der Waals surface area contributed by atoms with Crippen LogP contribution in [0.3, 0.4) is 0 Å². The highest BCUT2D eigenvalue weighted by molar-refractivity contribution is 7.18. The van der Waals surface area contributed by atoms with Crippen LogP contribution in [-0.4, -0.2) is 17.4 Å². The molecule has 0 aliphatic rings. The second kappa shape index (κ2) is 9.70. The number of nitrogens with one attached hydrogen (secondary N) is 2. The molecule has 0 saturated carbocycles. The number of aliphatic imine (C=N–C) groups is 1. The van der Waals surface area contributed by atoms with Gasteiger partial charge in [0, 0.05) is 22.5 Å². The first-order valence-electron chi connectivity index (χ1n) is 11.8. The van der Waals surface area contributed by atoms with Crippen LogP contribution in [0.15, 0.2) is 60.2 Å². The summed E-state index contributed by atoms with van der Waals surface area (Å²) >= 11 is 1.61. The standard InChI is InChI=1S/C29H33FN4S/c1-7-32-23-16-24(19-9-11-20(12-10-19)29(4,5)6)35-27(23)28(31)33-15-14-21-18(3)34-26-22(30)13-8-17(2)25(21)26/h7-13,16,32,34H,1,14-15H2,2-6H3,(H2,31,33). The summed E-state index contributed by atoms with van der Waals surface area (Å²) in [5, 5.41) is 4.15. The SMILES string of the molecule is C=CNc1cc(-c2ccc(C(C)(C)C)cc2)sc1C(N)=NCCc1c(C)[nH]c2c(F)ccc(C)c12.